The van der Waals surface area contributed by atoms with Gasteiger partial charge in [-0.25, -0.2) is 4.98 Å². The molecule has 2 aromatic rings. The highest BCUT2D eigenvalue weighted by Gasteiger charge is 2.16. The normalized spacial score (nSPS) is 12.9. The number of halogens is 1. The van der Waals surface area contributed by atoms with Crippen LogP contribution in [0.1, 0.15) is 10.4 Å². The number of imidazole rings is 1. The molecular weight excluding hydrogens is 216 g/mol. The highest BCUT2D eigenvalue weighted by molar-refractivity contribution is 6.20. The zero-order valence-electron chi connectivity index (χ0n) is 7.77. The van der Waals surface area contributed by atoms with Gasteiger partial charge in [-0.15, -0.1) is 11.6 Å². The maximum Gasteiger partial charge on any atom is 0.192 e. The Morgan fingerprint density at radius 1 is 1.60 bits per heavy atom. The zero-order valence-corrected chi connectivity index (χ0v) is 8.53. The second kappa shape index (κ2) is 4.00. The quantitative estimate of drug-likeness (QED) is 0.611. The number of carbonyl (C=O) groups excluding carboxylic acids is 1. The highest BCUT2D eigenvalue weighted by atomic mass is 35.5. The number of aromatic nitrogens is 2. The third kappa shape index (κ3) is 1.86. The minimum absolute atomic E-state index is 0.0998. The second-order valence-corrected chi connectivity index (χ2v) is 3.48. The minimum Gasteiger partial charge on any atom is -0.384 e. The average molecular weight is 225 g/mol. The van der Waals surface area contributed by atoms with E-state index < -0.39 is 6.10 Å². The molecule has 1 aromatic carbocycles. The molecule has 0 bridgehead atoms. The number of alkyl halides is 1. The third-order valence-electron chi connectivity index (χ3n) is 2.15. The van der Waals surface area contributed by atoms with Crippen LogP contribution < -0.4 is 0 Å². The SMILES string of the molecule is O=C(c1ccc2[nH]cnc2c1)C(O)CCl. The van der Waals surface area contributed by atoms with Crippen molar-refractivity contribution in [3.8, 4) is 0 Å². The lowest BCUT2D eigenvalue weighted by Crippen LogP contribution is -2.21. The smallest absolute Gasteiger partial charge is 0.192 e. The van der Waals surface area contributed by atoms with E-state index in [1.165, 1.54) is 0 Å². The minimum atomic E-state index is -1.15. The molecule has 2 N–H and O–H groups in total. The number of benzene rings is 1. The number of aromatic amines is 1. The first-order valence-corrected chi connectivity index (χ1v) is 4.97. The van der Waals surface area contributed by atoms with Crippen LogP contribution in [0, 0.1) is 0 Å². The number of fused-ring (bicyclic) bond motifs is 1. The van der Waals surface area contributed by atoms with Crippen molar-refractivity contribution < 1.29 is 9.90 Å². The largest absolute Gasteiger partial charge is 0.384 e. The standard InChI is InChI=1S/C10H9ClN2O2/c11-4-9(14)10(15)6-1-2-7-8(3-6)13-5-12-7/h1-3,5,9,14H,4H2,(H,12,13). The van der Waals surface area contributed by atoms with Gasteiger partial charge >= 0.3 is 0 Å². The Kier molecular flexibility index (Phi) is 2.70. The van der Waals surface area contributed by atoms with Gasteiger partial charge in [-0.05, 0) is 18.2 Å². The molecule has 0 spiro atoms. The molecule has 0 radical (unpaired) electrons. The van der Waals surface area contributed by atoms with Gasteiger partial charge in [0, 0.05) is 5.56 Å². The van der Waals surface area contributed by atoms with Crippen LogP contribution in [0.3, 0.4) is 0 Å². The van der Waals surface area contributed by atoms with E-state index in [0.29, 0.717) is 11.1 Å². The fraction of sp³-hybridized carbons (Fsp3) is 0.200. The molecular formula is C10H9ClN2O2. The summed E-state index contributed by atoms with van der Waals surface area (Å²) in [4.78, 5) is 18.5. The summed E-state index contributed by atoms with van der Waals surface area (Å²) in [7, 11) is 0. The van der Waals surface area contributed by atoms with Crippen LogP contribution >= 0.6 is 11.6 Å². The van der Waals surface area contributed by atoms with Crippen LogP contribution in [0.4, 0.5) is 0 Å². The summed E-state index contributed by atoms with van der Waals surface area (Å²) in [6.07, 6.45) is 0.403. The zero-order chi connectivity index (χ0) is 10.8. The number of hydrogen-bond acceptors (Lipinski definition) is 3. The van der Waals surface area contributed by atoms with Crippen molar-refractivity contribution in [3.05, 3.63) is 30.1 Å². The summed E-state index contributed by atoms with van der Waals surface area (Å²) < 4.78 is 0. The molecule has 4 nitrogen and oxygen atoms in total. The first-order chi connectivity index (χ1) is 7.22. The summed E-state index contributed by atoms with van der Waals surface area (Å²) in [5.74, 6) is -0.479. The molecule has 1 atom stereocenters. The molecule has 0 aliphatic carbocycles. The first kappa shape index (κ1) is 10.1. The van der Waals surface area contributed by atoms with Gasteiger partial charge in [0.1, 0.15) is 6.10 Å². The summed E-state index contributed by atoms with van der Waals surface area (Å²) in [5.41, 5.74) is 1.97. The first-order valence-electron chi connectivity index (χ1n) is 4.44. The number of Topliss-reactive ketones (excluding diaryl/α,β-unsaturated/α-hetero) is 1. The maximum absolute atomic E-state index is 11.6. The lowest BCUT2D eigenvalue weighted by molar-refractivity contribution is 0.0785. The van der Waals surface area contributed by atoms with Gasteiger partial charge in [0.05, 0.1) is 23.2 Å². The van der Waals surface area contributed by atoms with Crippen LogP contribution in [-0.4, -0.2) is 32.8 Å². The molecule has 15 heavy (non-hydrogen) atoms. The molecule has 0 fully saturated rings. The van der Waals surface area contributed by atoms with Gasteiger partial charge in [0.2, 0.25) is 0 Å². The average Bonchev–Trinajstić information content (AvgIpc) is 2.73. The molecule has 0 aliphatic heterocycles. The van der Waals surface area contributed by atoms with Crippen molar-refractivity contribution in [1.82, 2.24) is 9.97 Å². The van der Waals surface area contributed by atoms with Crippen LogP contribution in [0.15, 0.2) is 24.5 Å². The van der Waals surface area contributed by atoms with E-state index >= 15 is 0 Å². The van der Waals surface area contributed by atoms with Crippen molar-refractivity contribution in [2.24, 2.45) is 0 Å². The fourth-order valence-electron chi connectivity index (χ4n) is 1.35. The highest BCUT2D eigenvalue weighted by Crippen LogP contribution is 2.13. The number of hydrogen-bond donors (Lipinski definition) is 2. The Bertz CT molecular complexity index is 495. The van der Waals surface area contributed by atoms with E-state index in [0.717, 1.165) is 5.52 Å². The molecule has 0 aliphatic rings. The van der Waals surface area contributed by atoms with E-state index in [4.69, 9.17) is 11.6 Å². The van der Waals surface area contributed by atoms with Crippen molar-refractivity contribution in [2.75, 3.05) is 5.88 Å². The molecule has 78 valence electrons. The third-order valence-corrected chi connectivity index (χ3v) is 2.45. The Labute approximate surface area is 90.9 Å². The summed E-state index contributed by atoms with van der Waals surface area (Å²) in [5, 5.41) is 9.29. The van der Waals surface area contributed by atoms with E-state index in [-0.39, 0.29) is 11.7 Å². The van der Waals surface area contributed by atoms with Crippen molar-refractivity contribution in [3.63, 3.8) is 0 Å². The van der Waals surface area contributed by atoms with Crippen LogP contribution in [0.5, 0.6) is 0 Å². The Balaban J connectivity index is 2.39. The van der Waals surface area contributed by atoms with E-state index in [1.807, 2.05) is 0 Å². The summed E-state index contributed by atoms with van der Waals surface area (Å²) in [6.45, 7) is 0. The predicted molar refractivity (Wildman–Crippen MR) is 57.2 cm³/mol. The Morgan fingerprint density at radius 3 is 3.13 bits per heavy atom. The number of aliphatic hydroxyl groups excluding tert-OH is 1. The Hall–Kier alpha value is -1.39. The lowest BCUT2D eigenvalue weighted by atomic mass is 10.1. The van der Waals surface area contributed by atoms with Gasteiger partial charge in [-0.1, -0.05) is 0 Å². The van der Waals surface area contributed by atoms with Crippen LogP contribution in [-0.2, 0) is 0 Å². The number of aliphatic hydroxyl groups is 1. The van der Waals surface area contributed by atoms with Crippen LogP contribution in [0.25, 0.3) is 11.0 Å². The van der Waals surface area contributed by atoms with E-state index in [1.54, 1.807) is 24.5 Å². The molecule has 1 heterocycles. The molecule has 0 saturated heterocycles. The maximum atomic E-state index is 11.6. The Morgan fingerprint density at radius 2 is 2.40 bits per heavy atom. The van der Waals surface area contributed by atoms with Gasteiger partial charge in [0.15, 0.2) is 5.78 Å². The number of nitrogens with zero attached hydrogens (tertiary/aromatic N) is 1. The van der Waals surface area contributed by atoms with E-state index in [2.05, 4.69) is 9.97 Å². The number of H-pyrrole nitrogens is 1. The monoisotopic (exact) mass is 224 g/mol. The number of nitrogens with one attached hydrogen (secondary N) is 1. The van der Waals surface area contributed by atoms with E-state index in [9.17, 15) is 9.90 Å². The van der Waals surface area contributed by atoms with Crippen molar-refractivity contribution in [2.45, 2.75) is 6.10 Å². The number of rotatable bonds is 3. The van der Waals surface area contributed by atoms with Gasteiger partial charge in [0.25, 0.3) is 0 Å². The lowest BCUT2D eigenvalue weighted by Gasteiger charge is -2.04. The van der Waals surface area contributed by atoms with Crippen LogP contribution in [0.2, 0.25) is 0 Å². The molecule has 2 rings (SSSR count). The molecule has 1 aromatic heterocycles. The predicted octanol–water partition coefficient (Wildman–Crippen LogP) is 1.35. The van der Waals surface area contributed by atoms with Crippen molar-refractivity contribution in [1.29, 1.82) is 0 Å². The topological polar surface area (TPSA) is 66.0 Å². The van der Waals surface area contributed by atoms with Crippen molar-refractivity contribution >= 4 is 28.4 Å². The molecule has 0 saturated carbocycles. The fourth-order valence-corrected chi connectivity index (χ4v) is 1.49. The molecule has 0 amide bonds. The number of carbonyl (C=O) groups is 1. The number of ketones is 1. The molecule has 1 unspecified atom stereocenters. The molecule has 5 heteroatoms. The van der Waals surface area contributed by atoms with Gasteiger partial charge < -0.3 is 10.1 Å². The van der Waals surface area contributed by atoms with Gasteiger partial charge in [-0.3, -0.25) is 4.79 Å². The van der Waals surface area contributed by atoms with Gasteiger partial charge in [-0.2, -0.15) is 0 Å². The summed E-state index contributed by atoms with van der Waals surface area (Å²) in [6, 6.07) is 5.01. The summed E-state index contributed by atoms with van der Waals surface area (Å²) >= 11 is 5.40. The second-order valence-electron chi connectivity index (χ2n) is 3.17.